The molecule has 0 saturated carbocycles. The van der Waals surface area contributed by atoms with E-state index in [1.54, 1.807) is 0 Å². The Kier molecular flexibility index (Phi) is 5.87. The number of anilines is 2. The molecule has 0 aliphatic heterocycles. The van der Waals surface area contributed by atoms with Crippen molar-refractivity contribution in [2.24, 2.45) is 0 Å². The summed E-state index contributed by atoms with van der Waals surface area (Å²) in [5.74, 6) is 2.89. The van der Waals surface area contributed by atoms with Crippen LogP contribution in [0.25, 0.3) is 27.5 Å². The molecule has 1 heterocycles. The van der Waals surface area contributed by atoms with Gasteiger partial charge in [0.2, 0.25) is 0 Å². The van der Waals surface area contributed by atoms with Crippen LogP contribution in [-0.4, -0.2) is 18.7 Å². The van der Waals surface area contributed by atoms with Gasteiger partial charge in [-0.25, -0.2) is 0 Å². The topological polar surface area (TPSA) is 47.4 Å². The number of fused-ring (bicyclic) bond motifs is 3. The summed E-state index contributed by atoms with van der Waals surface area (Å²) >= 11 is 0. The molecule has 182 valence electrons. The Bertz CT molecular complexity index is 1570. The highest BCUT2D eigenvalue weighted by Gasteiger charge is 2.14. The zero-order valence-electron chi connectivity index (χ0n) is 20.7. The molecule has 0 bridgehead atoms. The molecule has 0 spiro atoms. The normalized spacial score (nSPS) is 11.0. The number of para-hydroxylation sites is 2. The monoisotopic (exact) mass is 485 g/mol. The second-order valence-corrected chi connectivity index (χ2v) is 8.79. The minimum atomic E-state index is 0.693. The van der Waals surface area contributed by atoms with Crippen molar-refractivity contribution in [3.05, 3.63) is 115 Å². The third kappa shape index (κ3) is 4.43. The van der Waals surface area contributed by atoms with Gasteiger partial charge in [0.05, 0.1) is 16.7 Å². The molecule has 2 N–H and O–H groups in total. The van der Waals surface area contributed by atoms with Gasteiger partial charge in [0.15, 0.2) is 0 Å². The lowest BCUT2D eigenvalue weighted by atomic mass is 10.2. The Labute approximate surface area is 215 Å². The molecule has 0 aliphatic rings. The zero-order valence-corrected chi connectivity index (χ0v) is 20.7. The molecule has 0 amide bonds. The van der Waals surface area contributed by atoms with Crippen LogP contribution >= 0.6 is 0 Å². The molecule has 0 fully saturated rings. The lowest BCUT2D eigenvalue weighted by molar-refractivity contribution is 0.460. The summed E-state index contributed by atoms with van der Waals surface area (Å²) in [5.41, 5.74) is 5.27. The Balaban J connectivity index is 1.49. The summed E-state index contributed by atoms with van der Waals surface area (Å²) in [7, 11) is 3.80. The number of hydrogen-bond donors (Lipinski definition) is 2. The van der Waals surface area contributed by atoms with Crippen molar-refractivity contribution in [1.82, 2.24) is 4.57 Å². The van der Waals surface area contributed by atoms with E-state index < -0.39 is 0 Å². The van der Waals surface area contributed by atoms with Crippen LogP contribution in [0.5, 0.6) is 23.0 Å². The van der Waals surface area contributed by atoms with Crippen LogP contribution in [0.1, 0.15) is 0 Å². The Morgan fingerprint density at radius 3 is 1.35 bits per heavy atom. The van der Waals surface area contributed by atoms with Crippen molar-refractivity contribution in [2.45, 2.75) is 0 Å². The first-order chi connectivity index (χ1) is 18.2. The number of nitrogens with one attached hydrogen (secondary N) is 2. The lowest BCUT2D eigenvalue weighted by Gasteiger charge is -2.15. The third-order valence-electron chi connectivity index (χ3n) is 6.46. The van der Waals surface area contributed by atoms with Crippen LogP contribution < -0.4 is 20.1 Å². The summed E-state index contributed by atoms with van der Waals surface area (Å²) in [6.07, 6.45) is 0. The van der Waals surface area contributed by atoms with Gasteiger partial charge in [0.1, 0.15) is 23.0 Å². The molecule has 1 aromatic heterocycles. The number of rotatable bonds is 7. The van der Waals surface area contributed by atoms with Crippen LogP contribution in [0.4, 0.5) is 11.4 Å². The first-order valence-electron chi connectivity index (χ1n) is 12.3. The summed E-state index contributed by atoms with van der Waals surface area (Å²) in [6.45, 7) is 0. The maximum atomic E-state index is 6.32. The minimum absolute atomic E-state index is 0.693. The van der Waals surface area contributed by atoms with E-state index in [1.165, 1.54) is 10.8 Å². The fourth-order valence-corrected chi connectivity index (χ4v) is 4.66. The average Bonchev–Trinajstić information content (AvgIpc) is 3.28. The average molecular weight is 486 g/mol. The van der Waals surface area contributed by atoms with Gasteiger partial charge in [-0.2, -0.15) is 0 Å². The van der Waals surface area contributed by atoms with E-state index in [2.05, 4.69) is 75.9 Å². The van der Waals surface area contributed by atoms with Crippen LogP contribution in [0, 0.1) is 0 Å². The quantitative estimate of drug-likeness (QED) is 0.238. The van der Waals surface area contributed by atoms with E-state index in [1.807, 2.05) is 68.7 Å². The molecule has 0 unspecified atom stereocenters. The smallest absolute Gasteiger partial charge is 0.133 e. The van der Waals surface area contributed by atoms with Crippen LogP contribution in [0.3, 0.4) is 0 Å². The molecule has 5 aromatic carbocycles. The van der Waals surface area contributed by atoms with Gasteiger partial charge in [-0.1, -0.05) is 36.4 Å². The van der Waals surface area contributed by atoms with E-state index in [9.17, 15) is 0 Å². The van der Waals surface area contributed by atoms with Crippen molar-refractivity contribution >= 4 is 33.2 Å². The fraction of sp³-hybridized carbons (Fsp3) is 0.0625. The van der Waals surface area contributed by atoms with Gasteiger partial charge in [0.25, 0.3) is 0 Å². The maximum Gasteiger partial charge on any atom is 0.133 e. The molecule has 0 saturated heterocycles. The van der Waals surface area contributed by atoms with Gasteiger partial charge in [-0.3, -0.25) is 0 Å². The Hall–Kier alpha value is -4.90. The Morgan fingerprint density at radius 1 is 0.486 bits per heavy atom. The van der Waals surface area contributed by atoms with E-state index in [-0.39, 0.29) is 0 Å². The van der Waals surface area contributed by atoms with Crippen LogP contribution in [0.15, 0.2) is 115 Å². The number of ether oxygens (including phenoxy) is 2. The van der Waals surface area contributed by atoms with Crippen LogP contribution in [-0.2, 0) is 0 Å². The molecule has 0 atom stereocenters. The van der Waals surface area contributed by atoms with Gasteiger partial charge in [-0.05, 0) is 60.7 Å². The predicted molar refractivity (Wildman–Crippen MR) is 153 cm³/mol. The first-order valence-corrected chi connectivity index (χ1v) is 12.3. The summed E-state index contributed by atoms with van der Waals surface area (Å²) in [4.78, 5) is 0. The maximum absolute atomic E-state index is 6.32. The standard InChI is InChI=1S/C32H27N3O2/c1-33-22-11-15-25(16-12-22)36-27-19-24(20-28(21-27)37-26-17-13-23(34-2)14-18-26)35-31-9-5-3-7-29(31)30-8-4-6-10-32(30)35/h3-21,33-34H,1-2H3. The van der Waals surface area contributed by atoms with Crippen molar-refractivity contribution in [3.8, 4) is 28.7 Å². The SMILES string of the molecule is CNc1ccc(Oc2cc(Oc3ccc(NC)cc3)cc(-n3c4ccccc4c4ccccc43)c2)cc1. The summed E-state index contributed by atoms with van der Waals surface area (Å²) in [6, 6.07) is 38.8. The molecule has 37 heavy (non-hydrogen) atoms. The van der Waals surface area contributed by atoms with Crippen molar-refractivity contribution < 1.29 is 9.47 Å². The van der Waals surface area contributed by atoms with E-state index in [0.29, 0.717) is 11.5 Å². The molecular weight excluding hydrogens is 458 g/mol. The second kappa shape index (κ2) is 9.63. The van der Waals surface area contributed by atoms with E-state index in [0.717, 1.165) is 39.6 Å². The Morgan fingerprint density at radius 2 is 0.919 bits per heavy atom. The minimum Gasteiger partial charge on any atom is -0.457 e. The van der Waals surface area contributed by atoms with Gasteiger partial charge in [-0.15, -0.1) is 0 Å². The molecule has 6 rings (SSSR count). The molecule has 5 nitrogen and oxygen atoms in total. The highest BCUT2D eigenvalue weighted by Crippen LogP contribution is 2.37. The van der Waals surface area contributed by atoms with E-state index >= 15 is 0 Å². The fourth-order valence-electron chi connectivity index (χ4n) is 4.66. The predicted octanol–water partition coefficient (Wildman–Crippen LogP) is 8.45. The van der Waals surface area contributed by atoms with Gasteiger partial charge >= 0.3 is 0 Å². The van der Waals surface area contributed by atoms with Crippen LogP contribution in [0.2, 0.25) is 0 Å². The van der Waals surface area contributed by atoms with Gasteiger partial charge in [0, 0.05) is 54.4 Å². The number of benzene rings is 5. The summed E-state index contributed by atoms with van der Waals surface area (Å²) < 4.78 is 14.9. The molecule has 6 aromatic rings. The van der Waals surface area contributed by atoms with E-state index in [4.69, 9.17) is 9.47 Å². The molecule has 0 aliphatic carbocycles. The number of hydrogen-bond acceptors (Lipinski definition) is 4. The van der Waals surface area contributed by atoms with Crippen molar-refractivity contribution in [1.29, 1.82) is 0 Å². The highest BCUT2D eigenvalue weighted by atomic mass is 16.5. The lowest BCUT2D eigenvalue weighted by Crippen LogP contribution is -1.97. The number of nitrogens with zero attached hydrogens (tertiary/aromatic N) is 1. The first kappa shape index (κ1) is 22.6. The van der Waals surface area contributed by atoms with Crippen molar-refractivity contribution in [3.63, 3.8) is 0 Å². The number of aromatic nitrogens is 1. The highest BCUT2D eigenvalue weighted by molar-refractivity contribution is 6.09. The molecule has 5 heteroatoms. The second-order valence-electron chi connectivity index (χ2n) is 8.79. The largest absolute Gasteiger partial charge is 0.457 e. The van der Waals surface area contributed by atoms with Crippen molar-refractivity contribution in [2.75, 3.05) is 24.7 Å². The molecule has 0 radical (unpaired) electrons. The third-order valence-corrected chi connectivity index (χ3v) is 6.46. The summed E-state index contributed by atoms with van der Waals surface area (Å²) in [5, 5.41) is 8.69. The molecular formula is C32H27N3O2. The zero-order chi connectivity index (χ0) is 25.2. The van der Waals surface area contributed by atoms with Gasteiger partial charge < -0.3 is 24.7 Å².